The summed E-state index contributed by atoms with van der Waals surface area (Å²) in [7, 11) is 0. The molecule has 0 saturated carbocycles. The van der Waals surface area contributed by atoms with Gasteiger partial charge in [0.1, 0.15) is 17.4 Å². The van der Waals surface area contributed by atoms with E-state index in [9.17, 15) is 0 Å². The van der Waals surface area contributed by atoms with Crippen LogP contribution < -0.4 is 0 Å². The average Bonchev–Trinajstić information content (AvgIpc) is 3.33. The van der Waals surface area contributed by atoms with Gasteiger partial charge in [-0.3, -0.25) is 9.56 Å². The zero-order chi connectivity index (χ0) is 21.4. The van der Waals surface area contributed by atoms with Crippen molar-refractivity contribution in [3.8, 4) is 5.00 Å². The molecule has 3 heterocycles. The molecule has 156 valence electrons. The third kappa shape index (κ3) is 3.84. The van der Waals surface area contributed by atoms with E-state index < -0.39 is 0 Å². The highest BCUT2D eigenvalue weighted by molar-refractivity contribution is 7.15. The molecule has 0 bridgehead atoms. The number of benzene rings is 2. The maximum atomic E-state index is 6.55. The number of aliphatic imine (C=N–C) groups is 1. The second kappa shape index (κ2) is 8.40. The first-order chi connectivity index (χ1) is 15.1. The van der Waals surface area contributed by atoms with Gasteiger partial charge in [-0.25, -0.2) is 0 Å². The molecular weight excluding hydrogens is 424 g/mol. The first kappa shape index (κ1) is 20.2. The number of aryl methyl sites for hydroxylation is 4. The number of halogens is 1. The number of nitrogens with zero attached hydrogens (tertiary/aromatic N) is 4. The highest BCUT2D eigenvalue weighted by Gasteiger charge is 2.25. The highest BCUT2D eigenvalue weighted by Crippen LogP contribution is 2.35. The van der Waals surface area contributed by atoms with Gasteiger partial charge in [-0.1, -0.05) is 61.0 Å². The van der Waals surface area contributed by atoms with Crippen molar-refractivity contribution in [2.45, 2.75) is 39.7 Å². The van der Waals surface area contributed by atoms with Crippen LogP contribution in [0.2, 0.25) is 5.02 Å². The minimum atomic E-state index is 0.488. The molecule has 4 aromatic rings. The minimum Gasteiger partial charge on any atom is -0.276 e. The summed E-state index contributed by atoms with van der Waals surface area (Å²) < 4.78 is 2.15. The van der Waals surface area contributed by atoms with Gasteiger partial charge in [0, 0.05) is 21.0 Å². The number of aromatic nitrogens is 3. The number of hydrogen-bond acceptors (Lipinski definition) is 4. The van der Waals surface area contributed by atoms with Crippen molar-refractivity contribution in [3.63, 3.8) is 0 Å². The van der Waals surface area contributed by atoms with Gasteiger partial charge in [0.25, 0.3) is 0 Å². The van der Waals surface area contributed by atoms with Gasteiger partial charge >= 0.3 is 0 Å². The van der Waals surface area contributed by atoms with Crippen LogP contribution in [0.25, 0.3) is 5.00 Å². The molecule has 31 heavy (non-hydrogen) atoms. The molecule has 5 rings (SSSR count). The van der Waals surface area contributed by atoms with Crippen molar-refractivity contribution in [3.05, 3.63) is 98.4 Å². The van der Waals surface area contributed by atoms with Crippen molar-refractivity contribution in [1.29, 1.82) is 0 Å². The standard InChI is InChI=1S/C25H23ClN4S/c1-3-17-8-10-18(11-9-17)12-13-19-14-21-24(20-6-4-5-7-22(20)26)27-15-23-29-28-16(2)30(23)25(21)31-19/h4-11,14H,3,12-13,15H2,1-2H3. The molecule has 0 N–H and O–H groups in total. The normalized spacial score (nSPS) is 12.8. The van der Waals surface area contributed by atoms with Gasteiger partial charge in [0.2, 0.25) is 0 Å². The zero-order valence-electron chi connectivity index (χ0n) is 17.6. The van der Waals surface area contributed by atoms with Crippen LogP contribution in [0.5, 0.6) is 0 Å². The van der Waals surface area contributed by atoms with Gasteiger partial charge < -0.3 is 0 Å². The lowest BCUT2D eigenvalue weighted by Crippen LogP contribution is -2.05. The van der Waals surface area contributed by atoms with E-state index in [0.29, 0.717) is 11.6 Å². The van der Waals surface area contributed by atoms with Crippen LogP contribution in [-0.2, 0) is 25.8 Å². The molecule has 0 fully saturated rings. The molecule has 1 aliphatic rings. The summed E-state index contributed by atoms with van der Waals surface area (Å²) in [5.41, 5.74) is 5.74. The highest BCUT2D eigenvalue weighted by atomic mass is 35.5. The summed E-state index contributed by atoms with van der Waals surface area (Å²) in [5.74, 6) is 1.75. The second-order valence-electron chi connectivity index (χ2n) is 7.75. The second-order valence-corrected chi connectivity index (χ2v) is 9.27. The predicted molar refractivity (Wildman–Crippen MR) is 128 cm³/mol. The summed E-state index contributed by atoms with van der Waals surface area (Å²) in [6.45, 7) is 4.67. The summed E-state index contributed by atoms with van der Waals surface area (Å²) in [4.78, 5) is 6.24. The van der Waals surface area contributed by atoms with Crippen molar-refractivity contribution >= 4 is 28.6 Å². The molecule has 0 saturated heterocycles. The van der Waals surface area contributed by atoms with Gasteiger partial charge in [-0.05, 0) is 49.4 Å². The van der Waals surface area contributed by atoms with Crippen molar-refractivity contribution in [1.82, 2.24) is 14.8 Å². The lowest BCUT2D eigenvalue weighted by Gasteiger charge is -2.08. The molecule has 2 aromatic heterocycles. The fraction of sp³-hybridized carbons (Fsp3) is 0.240. The average molecular weight is 447 g/mol. The summed E-state index contributed by atoms with van der Waals surface area (Å²) in [6, 6.07) is 19.1. The SMILES string of the molecule is CCc1ccc(CCc2cc3c(s2)-n2c(C)nnc2CN=C3c2ccccc2Cl)cc1. The Balaban J connectivity index is 1.53. The Morgan fingerprint density at radius 2 is 1.74 bits per heavy atom. The number of hydrogen-bond donors (Lipinski definition) is 0. The van der Waals surface area contributed by atoms with Crippen LogP contribution in [0, 0.1) is 6.92 Å². The van der Waals surface area contributed by atoms with Crippen molar-refractivity contribution < 1.29 is 0 Å². The predicted octanol–water partition coefficient (Wildman–Crippen LogP) is 5.99. The molecule has 0 aliphatic carbocycles. The molecule has 6 heteroatoms. The molecule has 0 unspecified atom stereocenters. The van der Waals surface area contributed by atoms with Crippen LogP contribution in [0.15, 0.2) is 59.6 Å². The Morgan fingerprint density at radius 1 is 0.968 bits per heavy atom. The Bertz CT molecular complexity index is 1270. The lowest BCUT2D eigenvalue weighted by atomic mass is 10.0. The van der Waals surface area contributed by atoms with Gasteiger partial charge in [0.15, 0.2) is 5.82 Å². The van der Waals surface area contributed by atoms with Crippen LogP contribution in [0.4, 0.5) is 0 Å². The van der Waals surface area contributed by atoms with Crippen LogP contribution in [-0.4, -0.2) is 20.5 Å². The van der Waals surface area contributed by atoms with Gasteiger partial charge in [-0.2, -0.15) is 0 Å². The van der Waals surface area contributed by atoms with Crippen LogP contribution in [0.1, 0.15) is 45.7 Å². The monoisotopic (exact) mass is 446 g/mol. The van der Waals surface area contributed by atoms with E-state index in [1.54, 1.807) is 11.3 Å². The summed E-state index contributed by atoms with van der Waals surface area (Å²) in [6.07, 6.45) is 3.06. The van der Waals surface area contributed by atoms with E-state index in [1.165, 1.54) is 16.0 Å². The molecule has 0 amide bonds. The van der Waals surface area contributed by atoms with E-state index in [0.717, 1.165) is 52.8 Å². The topological polar surface area (TPSA) is 43.1 Å². The van der Waals surface area contributed by atoms with E-state index in [2.05, 4.69) is 52.0 Å². The molecular formula is C25H23ClN4S. The maximum Gasteiger partial charge on any atom is 0.160 e. The summed E-state index contributed by atoms with van der Waals surface area (Å²) >= 11 is 8.35. The van der Waals surface area contributed by atoms with E-state index in [-0.39, 0.29) is 0 Å². The molecule has 4 nitrogen and oxygen atoms in total. The first-order valence-corrected chi connectivity index (χ1v) is 11.7. The van der Waals surface area contributed by atoms with Crippen molar-refractivity contribution in [2.24, 2.45) is 4.99 Å². The zero-order valence-corrected chi connectivity index (χ0v) is 19.2. The number of fused-ring (bicyclic) bond motifs is 3. The van der Waals surface area contributed by atoms with Crippen LogP contribution in [0.3, 0.4) is 0 Å². The number of rotatable bonds is 5. The summed E-state index contributed by atoms with van der Waals surface area (Å²) in [5, 5.41) is 10.5. The third-order valence-corrected chi connectivity index (χ3v) is 7.22. The first-order valence-electron chi connectivity index (χ1n) is 10.6. The largest absolute Gasteiger partial charge is 0.276 e. The van der Waals surface area contributed by atoms with Gasteiger partial charge in [-0.15, -0.1) is 21.5 Å². The Labute approximate surface area is 191 Å². The smallest absolute Gasteiger partial charge is 0.160 e. The Hall–Kier alpha value is -2.76. The van der Waals surface area contributed by atoms with Gasteiger partial charge in [0.05, 0.1) is 5.71 Å². The Kier molecular flexibility index (Phi) is 5.47. The molecule has 0 atom stereocenters. The Morgan fingerprint density at radius 3 is 2.52 bits per heavy atom. The third-order valence-electron chi connectivity index (χ3n) is 5.71. The van der Waals surface area contributed by atoms with E-state index in [4.69, 9.17) is 16.6 Å². The quantitative estimate of drug-likeness (QED) is 0.378. The number of thiophene rings is 1. The van der Waals surface area contributed by atoms with E-state index >= 15 is 0 Å². The lowest BCUT2D eigenvalue weighted by molar-refractivity contribution is 0.869. The molecule has 1 aliphatic heterocycles. The van der Waals surface area contributed by atoms with Crippen molar-refractivity contribution in [2.75, 3.05) is 0 Å². The molecule has 0 spiro atoms. The fourth-order valence-electron chi connectivity index (χ4n) is 3.99. The maximum absolute atomic E-state index is 6.55. The molecule has 2 aromatic carbocycles. The van der Waals surface area contributed by atoms with Crippen LogP contribution >= 0.6 is 22.9 Å². The van der Waals surface area contributed by atoms with E-state index in [1.807, 2.05) is 31.2 Å². The fourth-order valence-corrected chi connectivity index (χ4v) is 5.44. The minimum absolute atomic E-state index is 0.488. The molecule has 0 radical (unpaired) electrons.